The van der Waals surface area contributed by atoms with Crippen LogP contribution in [0.1, 0.15) is 56.3 Å². The predicted octanol–water partition coefficient (Wildman–Crippen LogP) is 3.73. The molecule has 0 radical (unpaired) electrons. The Hall–Kier alpha value is -2.41. The van der Waals surface area contributed by atoms with E-state index in [9.17, 15) is 19.5 Å². The molecule has 7 heteroatoms. The van der Waals surface area contributed by atoms with Crippen LogP contribution in [-0.4, -0.2) is 33.7 Å². The minimum absolute atomic E-state index is 0.0437. The van der Waals surface area contributed by atoms with Crippen LogP contribution >= 0.6 is 15.9 Å². The molecule has 0 aliphatic rings. The standard InChI is InChI=1S/C18H18BrNO5/c1-8-15(10(3)21)9(2)20-16(8)17(23)11(4)25-18(24)13-7-12(19)5-6-14(13)22/h5-7,11,20,22H,1-4H3. The first kappa shape index (κ1) is 18.9. The number of aromatic nitrogens is 1. The number of aryl methyl sites for hydroxylation is 1. The molecule has 2 rings (SSSR count). The summed E-state index contributed by atoms with van der Waals surface area (Å²) in [6.45, 7) is 6.24. The Morgan fingerprint density at radius 2 is 1.88 bits per heavy atom. The van der Waals surface area contributed by atoms with Crippen LogP contribution in [0, 0.1) is 13.8 Å². The molecular weight excluding hydrogens is 390 g/mol. The fraction of sp³-hybridized carbons (Fsp3) is 0.278. The summed E-state index contributed by atoms with van der Waals surface area (Å²) in [6.07, 6.45) is -1.08. The largest absolute Gasteiger partial charge is 0.507 e. The highest BCUT2D eigenvalue weighted by Gasteiger charge is 2.27. The first-order chi connectivity index (χ1) is 11.6. The van der Waals surface area contributed by atoms with E-state index in [1.54, 1.807) is 19.9 Å². The highest BCUT2D eigenvalue weighted by atomic mass is 79.9. The number of H-pyrrole nitrogens is 1. The van der Waals surface area contributed by atoms with E-state index in [4.69, 9.17) is 4.74 Å². The second-order valence-electron chi connectivity index (χ2n) is 5.75. The van der Waals surface area contributed by atoms with Gasteiger partial charge in [0.25, 0.3) is 0 Å². The van der Waals surface area contributed by atoms with Crippen LogP contribution in [-0.2, 0) is 4.74 Å². The maximum absolute atomic E-state index is 12.6. The van der Waals surface area contributed by atoms with E-state index in [1.165, 1.54) is 26.0 Å². The van der Waals surface area contributed by atoms with Gasteiger partial charge in [0.15, 0.2) is 11.9 Å². The number of esters is 1. The Kier molecular flexibility index (Phi) is 5.47. The number of rotatable bonds is 5. The van der Waals surface area contributed by atoms with Crippen LogP contribution in [0.15, 0.2) is 22.7 Å². The number of aromatic hydroxyl groups is 1. The number of phenols is 1. The SMILES string of the molecule is CC(=O)c1c(C)[nH]c(C(=O)C(C)OC(=O)c2cc(Br)ccc2O)c1C. The zero-order valence-corrected chi connectivity index (χ0v) is 15.9. The summed E-state index contributed by atoms with van der Waals surface area (Å²) in [5.74, 6) is -1.64. The summed E-state index contributed by atoms with van der Waals surface area (Å²) in [7, 11) is 0. The number of hydrogen-bond donors (Lipinski definition) is 2. The molecule has 132 valence electrons. The smallest absolute Gasteiger partial charge is 0.342 e. The van der Waals surface area contributed by atoms with E-state index >= 15 is 0 Å². The number of Topliss-reactive ketones (excluding diaryl/α,β-unsaturated/α-hetero) is 2. The molecule has 2 aromatic rings. The molecule has 1 heterocycles. The Morgan fingerprint density at radius 3 is 2.44 bits per heavy atom. The van der Waals surface area contributed by atoms with Crippen molar-refractivity contribution in [2.45, 2.75) is 33.8 Å². The molecule has 0 amide bonds. The summed E-state index contributed by atoms with van der Waals surface area (Å²) in [5.41, 5.74) is 1.78. The Bertz CT molecular complexity index is 869. The van der Waals surface area contributed by atoms with Gasteiger partial charge in [0, 0.05) is 15.7 Å². The number of benzene rings is 1. The van der Waals surface area contributed by atoms with Crippen LogP contribution in [0.25, 0.3) is 0 Å². The maximum atomic E-state index is 12.6. The van der Waals surface area contributed by atoms with Crippen molar-refractivity contribution in [2.75, 3.05) is 0 Å². The van der Waals surface area contributed by atoms with Gasteiger partial charge in [0.05, 0.1) is 5.69 Å². The second-order valence-corrected chi connectivity index (χ2v) is 6.67. The van der Waals surface area contributed by atoms with Gasteiger partial charge in [0.2, 0.25) is 5.78 Å². The van der Waals surface area contributed by atoms with Crippen molar-refractivity contribution in [1.29, 1.82) is 0 Å². The molecule has 1 atom stereocenters. The van der Waals surface area contributed by atoms with E-state index in [0.717, 1.165) is 0 Å². The fourth-order valence-electron chi connectivity index (χ4n) is 2.68. The highest BCUT2D eigenvalue weighted by Crippen LogP contribution is 2.24. The van der Waals surface area contributed by atoms with Crippen molar-refractivity contribution in [3.05, 3.63) is 50.8 Å². The highest BCUT2D eigenvalue weighted by molar-refractivity contribution is 9.10. The lowest BCUT2D eigenvalue weighted by molar-refractivity contribution is 0.0314. The average Bonchev–Trinajstić information content (AvgIpc) is 2.83. The van der Waals surface area contributed by atoms with Crippen LogP contribution in [0.3, 0.4) is 0 Å². The van der Waals surface area contributed by atoms with Gasteiger partial charge in [0.1, 0.15) is 11.3 Å². The average molecular weight is 408 g/mol. The molecule has 1 aromatic heterocycles. The Labute approximate surface area is 153 Å². The van der Waals surface area contributed by atoms with Crippen molar-refractivity contribution >= 4 is 33.5 Å². The molecule has 0 saturated heterocycles. The van der Waals surface area contributed by atoms with E-state index in [1.807, 2.05) is 0 Å². The first-order valence-corrected chi connectivity index (χ1v) is 8.36. The van der Waals surface area contributed by atoms with Crippen molar-refractivity contribution in [1.82, 2.24) is 4.98 Å². The van der Waals surface area contributed by atoms with Gasteiger partial charge in [-0.2, -0.15) is 0 Å². The Balaban J connectivity index is 2.24. The third kappa shape index (κ3) is 3.82. The zero-order valence-electron chi connectivity index (χ0n) is 14.3. The lowest BCUT2D eigenvalue weighted by Crippen LogP contribution is -2.25. The second kappa shape index (κ2) is 7.23. The Morgan fingerprint density at radius 1 is 1.24 bits per heavy atom. The summed E-state index contributed by atoms with van der Waals surface area (Å²) >= 11 is 3.21. The van der Waals surface area contributed by atoms with Crippen LogP contribution in [0.5, 0.6) is 5.75 Å². The van der Waals surface area contributed by atoms with Gasteiger partial charge in [-0.15, -0.1) is 0 Å². The summed E-state index contributed by atoms with van der Waals surface area (Å²) in [5, 5.41) is 9.77. The van der Waals surface area contributed by atoms with Crippen LogP contribution < -0.4 is 0 Å². The molecule has 2 N–H and O–H groups in total. The molecule has 1 unspecified atom stereocenters. The molecule has 1 aromatic carbocycles. The number of carbonyl (C=O) groups is 3. The van der Waals surface area contributed by atoms with Crippen LogP contribution in [0.4, 0.5) is 0 Å². The molecule has 0 fully saturated rings. The van der Waals surface area contributed by atoms with E-state index in [2.05, 4.69) is 20.9 Å². The number of hydrogen-bond acceptors (Lipinski definition) is 5. The topological polar surface area (TPSA) is 96.5 Å². The predicted molar refractivity (Wildman–Crippen MR) is 95.3 cm³/mol. The summed E-state index contributed by atoms with van der Waals surface area (Å²) < 4.78 is 5.77. The van der Waals surface area contributed by atoms with Crippen LogP contribution in [0.2, 0.25) is 0 Å². The molecule has 0 aliphatic heterocycles. The quantitative estimate of drug-likeness (QED) is 0.581. The number of aromatic amines is 1. The summed E-state index contributed by atoms with van der Waals surface area (Å²) in [6, 6.07) is 4.34. The fourth-order valence-corrected chi connectivity index (χ4v) is 3.04. The van der Waals surface area contributed by atoms with E-state index < -0.39 is 17.9 Å². The van der Waals surface area contributed by atoms with Gasteiger partial charge in [-0.05, 0) is 51.5 Å². The van der Waals surface area contributed by atoms with Crippen molar-refractivity contribution in [3.63, 3.8) is 0 Å². The monoisotopic (exact) mass is 407 g/mol. The van der Waals surface area contributed by atoms with Crippen molar-refractivity contribution in [3.8, 4) is 5.75 Å². The van der Waals surface area contributed by atoms with Crippen molar-refractivity contribution in [2.24, 2.45) is 0 Å². The third-order valence-corrected chi connectivity index (χ3v) is 4.36. The zero-order chi connectivity index (χ0) is 18.9. The lowest BCUT2D eigenvalue weighted by Gasteiger charge is -2.13. The summed E-state index contributed by atoms with van der Waals surface area (Å²) in [4.78, 5) is 39.4. The maximum Gasteiger partial charge on any atom is 0.342 e. The molecular formula is C18H18BrNO5. The van der Waals surface area contributed by atoms with Gasteiger partial charge in [-0.25, -0.2) is 4.79 Å². The number of phenolic OH excluding ortho intramolecular Hbond substituents is 1. The minimum atomic E-state index is -1.08. The number of ether oxygens (including phenoxy) is 1. The molecule has 0 bridgehead atoms. The lowest BCUT2D eigenvalue weighted by atomic mass is 10.0. The first-order valence-electron chi connectivity index (χ1n) is 7.57. The number of halogens is 1. The minimum Gasteiger partial charge on any atom is -0.507 e. The molecule has 25 heavy (non-hydrogen) atoms. The van der Waals surface area contributed by atoms with Crippen molar-refractivity contribution < 1.29 is 24.2 Å². The van der Waals surface area contributed by atoms with Gasteiger partial charge in [-0.1, -0.05) is 15.9 Å². The normalized spacial score (nSPS) is 11.9. The third-order valence-electron chi connectivity index (χ3n) is 3.87. The number of ketones is 2. The van der Waals surface area contributed by atoms with Gasteiger partial charge < -0.3 is 14.8 Å². The molecule has 0 spiro atoms. The molecule has 6 nitrogen and oxygen atoms in total. The number of nitrogens with one attached hydrogen (secondary N) is 1. The van der Waals surface area contributed by atoms with E-state index in [0.29, 0.717) is 21.3 Å². The van der Waals surface area contributed by atoms with Gasteiger partial charge >= 0.3 is 5.97 Å². The number of carbonyl (C=O) groups excluding carboxylic acids is 3. The van der Waals surface area contributed by atoms with E-state index in [-0.39, 0.29) is 22.8 Å². The van der Waals surface area contributed by atoms with Gasteiger partial charge in [-0.3, -0.25) is 9.59 Å². The molecule has 0 saturated carbocycles. The molecule has 0 aliphatic carbocycles.